The van der Waals surface area contributed by atoms with Gasteiger partial charge in [0.1, 0.15) is 0 Å². The molecule has 0 aliphatic heterocycles. The molecule has 0 atom stereocenters. The Labute approximate surface area is 106 Å². The van der Waals surface area contributed by atoms with Crippen molar-refractivity contribution in [3.63, 3.8) is 0 Å². The summed E-state index contributed by atoms with van der Waals surface area (Å²) in [7, 11) is 0. The second-order valence-corrected chi connectivity index (χ2v) is 3.49. The van der Waals surface area contributed by atoms with Crippen molar-refractivity contribution >= 4 is 23.7 Å². The first-order valence-electron chi connectivity index (χ1n) is 4.94. The van der Waals surface area contributed by atoms with Crippen LogP contribution in [0.5, 0.6) is 5.75 Å². The average molecular weight is 267 g/mol. The number of carboxylic acids is 2. The van der Waals surface area contributed by atoms with E-state index in [4.69, 9.17) is 10.2 Å². The van der Waals surface area contributed by atoms with Crippen molar-refractivity contribution < 1.29 is 29.8 Å². The Bertz CT molecular complexity index is 550. The van der Waals surface area contributed by atoms with Crippen LogP contribution in [-0.4, -0.2) is 32.2 Å². The monoisotopic (exact) mass is 267 g/mol. The Morgan fingerprint density at radius 1 is 1.26 bits per heavy atom. The van der Waals surface area contributed by atoms with Gasteiger partial charge in [0.15, 0.2) is 11.7 Å². The summed E-state index contributed by atoms with van der Waals surface area (Å²) in [5, 5.41) is 37.4. The summed E-state index contributed by atoms with van der Waals surface area (Å²) >= 11 is 0. The molecule has 0 spiro atoms. The lowest BCUT2D eigenvalue weighted by atomic mass is 10.1. The van der Waals surface area contributed by atoms with Crippen molar-refractivity contribution in [1.82, 2.24) is 0 Å². The first-order chi connectivity index (χ1) is 8.84. The molecule has 0 aromatic heterocycles. The number of phenolic OH excluding ortho intramolecular Hbond substituents is 1. The van der Waals surface area contributed by atoms with E-state index in [1.54, 1.807) is 0 Å². The summed E-state index contributed by atoms with van der Waals surface area (Å²) in [6.07, 6.45) is 1.78. The Morgan fingerprint density at radius 2 is 1.84 bits per heavy atom. The minimum absolute atomic E-state index is 0.0856. The molecule has 8 heteroatoms. The predicted octanol–water partition coefficient (Wildman–Crippen LogP) is 1.10. The normalized spacial score (nSPS) is 10.8. The molecular formula is C11H9NO7. The number of nitro groups is 1. The SMILES string of the molecule is O=C(O)C(/C=C/c1cccc(O)c1[N+](=O)[O-])C(=O)O. The lowest BCUT2D eigenvalue weighted by Gasteiger charge is -2.02. The van der Waals surface area contributed by atoms with Crippen LogP contribution < -0.4 is 0 Å². The summed E-state index contributed by atoms with van der Waals surface area (Å²) in [4.78, 5) is 31.2. The van der Waals surface area contributed by atoms with Crippen molar-refractivity contribution in [1.29, 1.82) is 0 Å². The van der Waals surface area contributed by atoms with Crippen LogP contribution >= 0.6 is 0 Å². The smallest absolute Gasteiger partial charge is 0.321 e. The molecule has 100 valence electrons. The van der Waals surface area contributed by atoms with Gasteiger partial charge in [-0.15, -0.1) is 0 Å². The first kappa shape index (κ1) is 14.2. The second kappa shape index (κ2) is 5.63. The van der Waals surface area contributed by atoms with E-state index in [9.17, 15) is 24.8 Å². The fourth-order valence-corrected chi connectivity index (χ4v) is 1.35. The van der Waals surface area contributed by atoms with Crippen molar-refractivity contribution in [2.45, 2.75) is 0 Å². The van der Waals surface area contributed by atoms with Crippen molar-refractivity contribution in [3.8, 4) is 5.75 Å². The molecule has 0 aliphatic rings. The maximum atomic E-state index is 10.7. The molecule has 0 saturated carbocycles. The van der Waals surface area contributed by atoms with Gasteiger partial charge >= 0.3 is 17.6 Å². The molecule has 0 aliphatic carbocycles. The second-order valence-electron chi connectivity index (χ2n) is 3.49. The lowest BCUT2D eigenvalue weighted by molar-refractivity contribution is -0.386. The van der Waals surface area contributed by atoms with Gasteiger partial charge in [0.05, 0.1) is 10.5 Å². The molecule has 0 heterocycles. The van der Waals surface area contributed by atoms with Crippen LogP contribution in [0.15, 0.2) is 24.3 Å². The summed E-state index contributed by atoms with van der Waals surface area (Å²) in [5.41, 5.74) is -0.703. The third-order valence-electron chi connectivity index (χ3n) is 2.23. The fraction of sp³-hybridized carbons (Fsp3) is 0.0909. The fourth-order valence-electron chi connectivity index (χ4n) is 1.35. The van der Waals surface area contributed by atoms with Crippen molar-refractivity contribution in [3.05, 3.63) is 40.0 Å². The molecule has 8 nitrogen and oxygen atoms in total. The zero-order valence-corrected chi connectivity index (χ0v) is 9.39. The van der Waals surface area contributed by atoms with Gasteiger partial charge in [0.25, 0.3) is 0 Å². The zero-order valence-electron chi connectivity index (χ0n) is 9.39. The van der Waals surface area contributed by atoms with Gasteiger partial charge in [0, 0.05) is 0 Å². The van der Waals surface area contributed by atoms with E-state index in [1.807, 2.05) is 0 Å². The summed E-state index contributed by atoms with van der Waals surface area (Å²) in [6.45, 7) is 0. The number of hydrogen-bond acceptors (Lipinski definition) is 5. The molecule has 1 aromatic rings. The molecule has 0 radical (unpaired) electrons. The number of para-hydroxylation sites is 1. The van der Waals surface area contributed by atoms with Crippen LogP contribution in [-0.2, 0) is 9.59 Å². The maximum Gasteiger partial charge on any atom is 0.321 e. The standard InChI is InChI=1S/C11H9NO7/c13-8-3-1-2-6(9(8)12(18)19)4-5-7(10(14)15)11(16)17/h1-5,7,13H,(H,14,15)(H,16,17)/b5-4+. The maximum absolute atomic E-state index is 10.7. The third kappa shape index (κ3) is 3.28. The number of nitrogens with zero attached hydrogens (tertiary/aromatic N) is 1. The van der Waals surface area contributed by atoms with Gasteiger partial charge in [-0.2, -0.15) is 0 Å². The van der Waals surface area contributed by atoms with Crippen molar-refractivity contribution in [2.24, 2.45) is 5.92 Å². The quantitative estimate of drug-likeness (QED) is 0.412. The van der Waals surface area contributed by atoms with E-state index in [0.29, 0.717) is 0 Å². The van der Waals surface area contributed by atoms with Crippen LogP contribution in [0.1, 0.15) is 5.56 Å². The van der Waals surface area contributed by atoms with Gasteiger partial charge in [0.2, 0.25) is 0 Å². The summed E-state index contributed by atoms with van der Waals surface area (Å²) in [5.74, 6) is -5.59. The molecule has 3 N–H and O–H groups in total. The van der Waals surface area contributed by atoms with E-state index in [-0.39, 0.29) is 5.56 Å². The topological polar surface area (TPSA) is 138 Å². The molecule has 0 saturated heterocycles. The Kier molecular flexibility index (Phi) is 4.19. The molecule has 0 fully saturated rings. The number of aliphatic carboxylic acids is 2. The number of rotatable bonds is 5. The Morgan fingerprint density at radius 3 is 2.32 bits per heavy atom. The molecule has 19 heavy (non-hydrogen) atoms. The van der Waals surface area contributed by atoms with E-state index in [1.165, 1.54) is 12.1 Å². The van der Waals surface area contributed by atoms with Crippen LogP contribution in [0, 0.1) is 16.0 Å². The summed E-state index contributed by atoms with van der Waals surface area (Å²) in [6, 6.07) is 3.68. The first-order valence-corrected chi connectivity index (χ1v) is 4.94. The number of benzene rings is 1. The highest BCUT2D eigenvalue weighted by molar-refractivity contribution is 5.96. The number of aromatic hydroxyl groups is 1. The van der Waals surface area contributed by atoms with Gasteiger partial charge in [-0.05, 0) is 12.1 Å². The highest BCUT2D eigenvalue weighted by atomic mass is 16.6. The van der Waals surface area contributed by atoms with Gasteiger partial charge < -0.3 is 15.3 Å². The van der Waals surface area contributed by atoms with Gasteiger partial charge in [-0.1, -0.05) is 18.2 Å². The minimum Gasteiger partial charge on any atom is -0.502 e. The van der Waals surface area contributed by atoms with Crippen LogP contribution in [0.2, 0.25) is 0 Å². The van der Waals surface area contributed by atoms with E-state index in [2.05, 4.69) is 0 Å². The van der Waals surface area contributed by atoms with E-state index >= 15 is 0 Å². The minimum atomic E-state index is -1.82. The highest BCUT2D eigenvalue weighted by Crippen LogP contribution is 2.30. The Balaban J connectivity index is 3.19. The molecular weight excluding hydrogens is 258 g/mol. The predicted molar refractivity (Wildman–Crippen MR) is 62.6 cm³/mol. The third-order valence-corrected chi connectivity index (χ3v) is 2.23. The molecule has 0 amide bonds. The molecule has 0 unspecified atom stereocenters. The number of phenols is 1. The van der Waals surface area contributed by atoms with Crippen LogP contribution in [0.25, 0.3) is 6.08 Å². The van der Waals surface area contributed by atoms with Crippen molar-refractivity contribution in [2.75, 3.05) is 0 Å². The van der Waals surface area contributed by atoms with Crippen LogP contribution in [0.3, 0.4) is 0 Å². The largest absolute Gasteiger partial charge is 0.502 e. The van der Waals surface area contributed by atoms with Crippen LogP contribution in [0.4, 0.5) is 5.69 Å². The molecule has 1 rings (SSSR count). The molecule has 1 aromatic carbocycles. The van der Waals surface area contributed by atoms with E-state index in [0.717, 1.165) is 18.2 Å². The Hall–Kier alpha value is -2.90. The highest BCUT2D eigenvalue weighted by Gasteiger charge is 2.23. The average Bonchev–Trinajstić information content (AvgIpc) is 2.27. The number of carbonyl (C=O) groups is 2. The zero-order chi connectivity index (χ0) is 14.6. The number of hydrogen-bond donors (Lipinski definition) is 3. The lowest BCUT2D eigenvalue weighted by Crippen LogP contribution is -2.20. The number of carboxylic acid groups (broad SMARTS) is 2. The van der Waals surface area contributed by atoms with E-state index < -0.39 is 34.2 Å². The molecule has 0 bridgehead atoms. The number of nitro benzene ring substituents is 1. The van der Waals surface area contributed by atoms with Gasteiger partial charge in [-0.25, -0.2) is 0 Å². The summed E-state index contributed by atoms with van der Waals surface area (Å²) < 4.78 is 0. The van der Waals surface area contributed by atoms with Gasteiger partial charge in [-0.3, -0.25) is 19.7 Å².